The number of unbranched alkanes of at least 4 members (excludes halogenated alkanes) is 3. The lowest BCUT2D eigenvalue weighted by atomic mass is 9.48. The number of likely N-dealkylation sites (N-methyl/N-ethyl adjacent to an activating group) is 1. The van der Waals surface area contributed by atoms with E-state index in [1.807, 2.05) is 12.1 Å². The van der Waals surface area contributed by atoms with Crippen LogP contribution in [0.2, 0.25) is 0 Å². The zero-order valence-electron chi connectivity index (χ0n) is 24.8. The zero-order valence-corrected chi connectivity index (χ0v) is 24.8. The summed E-state index contributed by atoms with van der Waals surface area (Å²) in [4.78, 5) is 17.0. The summed E-state index contributed by atoms with van der Waals surface area (Å²) in [6.45, 7) is 11.4. The molecule has 1 saturated carbocycles. The minimum Gasteiger partial charge on any atom is -0.483 e. The number of aryl methyl sites for hydroxylation is 1. The molecule has 6 rings (SSSR count). The summed E-state index contributed by atoms with van der Waals surface area (Å²) in [5.74, 6) is 0.844. The summed E-state index contributed by atoms with van der Waals surface area (Å²) < 4.78 is 12.6. The van der Waals surface area contributed by atoms with Crippen LogP contribution in [-0.2, 0) is 23.1 Å². The summed E-state index contributed by atoms with van der Waals surface area (Å²) in [5.41, 5.74) is 2.37. The zero-order chi connectivity index (χ0) is 28.6. The maximum Gasteiger partial charge on any atom is 0.308 e. The lowest BCUT2D eigenvalue weighted by Crippen LogP contribution is -2.78. The maximum absolute atomic E-state index is 12.7. The quantitative estimate of drug-likeness (QED) is 0.162. The number of ether oxygens (including phenoxy) is 2. The van der Waals surface area contributed by atoms with Crippen molar-refractivity contribution in [1.29, 1.82) is 0 Å². The predicted molar refractivity (Wildman–Crippen MR) is 162 cm³/mol. The molecule has 2 unspecified atom stereocenters. The minimum atomic E-state index is -0.890. The number of likely N-dealkylation sites (tertiary alicyclic amines) is 1. The number of aliphatic hydroxyl groups is 1. The fraction of sp³-hybridized carbons (Fsp3) is 0.571. The van der Waals surface area contributed by atoms with E-state index in [2.05, 4.69) is 59.7 Å². The van der Waals surface area contributed by atoms with E-state index in [0.29, 0.717) is 11.5 Å². The molecule has 2 aromatic rings. The average molecular weight is 559 g/mol. The molecule has 1 saturated heterocycles. The van der Waals surface area contributed by atoms with Crippen molar-refractivity contribution in [2.75, 3.05) is 26.2 Å². The van der Waals surface area contributed by atoms with Gasteiger partial charge in [-0.2, -0.15) is 0 Å². The highest BCUT2D eigenvalue weighted by Crippen LogP contribution is 2.66. The topological polar surface area (TPSA) is 62.2 Å². The monoisotopic (exact) mass is 558 g/mol. The molecule has 2 aliphatic heterocycles. The minimum absolute atomic E-state index is 0.0269. The van der Waals surface area contributed by atoms with Crippen LogP contribution < -0.4 is 9.47 Å². The Labute approximate surface area is 245 Å². The molecule has 2 fully saturated rings. The number of hydrogen-bond acceptors (Lipinski definition) is 6. The molecule has 41 heavy (non-hydrogen) atoms. The van der Waals surface area contributed by atoms with E-state index in [4.69, 9.17) is 9.47 Å². The highest BCUT2D eigenvalue weighted by molar-refractivity contribution is 5.72. The molecule has 6 heteroatoms. The van der Waals surface area contributed by atoms with Crippen molar-refractivity contribution in [3.63, 3.8) is 0 Å². The van der Waals surface area contributed by atoms with E-state index in [0.717, 1.165) is 70.3 Å². The Morgan fingerprint density at radius 2 is 1.98 bits per heavy atom. The van der Waals surface area contributed by atoms with E-state index >= 15 is 0 Å². The van der Waals surface area contributed by atoms with Crippen LogP contribution >= 0.6 is 0 Å². The Morgan fingerprint density at radius 1 is 1.17 bits per heavy atom. The fourth-order valence-electron chi connectivity index (χ4n) is 8.79. The van der Waals surface area contributed by atoms with Gasteiger partial charge in [0.15, 0.2) is 11.5 Å². The van der Waals surface area contributed by atoms with Crippen molar-refractivity contribution in [2.24, 2.45) is 0 Å². The molecule has 1 N–H and O–H groups in total. The molecule has 5 atom stereocenters. The van der Waals surface area contributed by atoms with E-state index in [9.17, 15) is 9.90 Å². The van der Waals surface area contributed by atoms with Crippen molar-refractivity contribution >= 4 is 5.97 Å². The van der Waals surface area contributed by atoms with Gasteiger partial charge in [0.1, 0.15) is 6.10 Å². The summed E-state index contributed by atoms with van der Waals surface area (Å²) in [7, 11) is 0. The van der Waals surface area contributed by atoms with Gasteiger partial charge in [-0.25, -0.2) is 0 Å². The molecule has 0 amide bonds. The molecule has 220 valence electrons. The molecule has 2 aliphatic carbocycles. The predicted octanol–water partition coefficient (Wildman–Crippen LogP) is 5.45. The first-order valence-electron chi connectivity index (χ1n) is 15.8. The number of carbonyl (C=O) groups excluding carboxylic acids is 1. The normalized spacial score (nSPS) is 29.6. The van der Waals surface area contributed by atoms with Crippen LogP contribution in [0, 0.1) is 0 Å². The highest BCUT2D eigenvalue weighted by atomic mass is 16.6. The first kappa shape index (κ1) is 28.4. The molecule has 0 radical (unpaired) electrons. The van der Waals surface area contributed by atoms with Crippen LogP contribution in [-0.4, -0.2) is 70.8 Å². The third-order valence-electron chi connectivity index (χ3n) is 10.5. The van der Waals surface area contributed by atoms with Gasteiger partial charge >= 0.3 is 5.97 Å². The Kier molecular flexibility index (Phi) is 8.01. The van der Waals surface area contributed by atoms with Crippen LogP contribution in [0.5, 0.6) is 11.5 Å². The van der Waals surface area contributed by atoms with Gasteiger partial charge in [-0.1, -0.05) is 62.2 Å². The van der Waals surface area contributed by atoms with Gasteiger partial charge in [0.2, 0.25) is 0 Å². The molecular formula is C35H46N2O4. The Hall–Kier alpha value is -2.67. The van der Waals surface area contributed by atoms with Crippen molar-refractivity contribution in [2.45, 2.75) is 101 Å². The molecule has 2 heterocycles. The Morgan fingerprint density at radius 3 is 2.73 bits per heavy atom. The number of hydrogen-bond donors (Lipinski definition) is 1. The number of carbonyl (C=O) groups is 1. The van der Waals surface area contributed by atoms with E-state index in [1.54, 1.807) is 0 Å². The molecule has 0 aromatic heterocycles. The summed E-state index contributed by atoms with van der Waals surface area (Å²) >= 11 is 0. The van der Waals surface area contributed by atoms with Crippen LogP contribution in [0.25, 0.3) is 0 Å². The van der Waals surface area contributed by atoms with Crippen molar-refractivity contribution in [3.8, 4) is 11.5 Å². The van der Waals surface area contributed by atoms with Crippen LogP contribution in [0.15, 0.2) is 55.1 Å². The van der Waals surface area contributed by atoms with Crippen LogP contribution in [0.1, 0.15) is 75.5 Å². The molecule has 6 nitrogen and oxygen atoms in total. The number of esters is 1. The first-order valence-corrected chi connectivity index (χ1v) is 15.8. The SMILES string of the molecule is C=CCN1CC[C@]23c4c5ccc(OC(C)=O)c4OC2C(N(CC)CCCCCCc2ccccc2)CC[C@@]3(O)[C@H]1C5. The smallest absolute Gasteiger partial charge is 0.308 e. The van der Waals surface area contributed by atoms with Crippen LogP contribution in [0.4, 0.5) is 0 Å². The number of benzene rings is 2. The number of piperidine rings is 1. The van der Waals surface area contributed by atoms with Crippen molar-refractivity contribution in [3.05, 3.63) is 71.8 Å². The summed E-state index contributed by atoms with van der Waals surface area (Å²) in [6.07, 6.45) is 11.0. The van der Waals surface area contributed by atoms with E-state index in [-0.39, 0.29) is 24.2 Å². The van der Waals surface area contributed by atoms with Gasteiger partial charge < -0.3 is 14.6 Å². The van der Waals surface area contributed by atoms with Crippen molar-refractivity contribution in [1.82, 2.24) is 9.80 Å². The largest absolute Gasteiger partial charge is 0.483 e. The molecule has 1 spiro atoms. The fourth-order valence-corrected chi connectivity index (χ4v) is 8.79. The molecular weight excluding hydrogens is 512 g/mol. The van der Waals surface area contributed by atoms with Gasteiger partial charge in [0, 0.05) is 31.1 Å². The van der Waals surface area contributed by atoms with Gasteiger partial charge in [-0.15, -0.1) is 6.58 Å². The van der Waals surface area contributed by atoms with Crippen molar-refractivity contribution < 1.29 is 19.4 Å². The molecule has 4 aliphatic rings. The average Bonchev–Trinajstić information content (AvgIpc) is 3.32. The van der Waals surface area contributed by atoms with E-state index in [1.165, 1.54) is 37.3 Å². The first-order chi connectivity index (χ1) is 19.9. The van der Waals surface area contributed by atoms with Gasteiger partial charge in [0.05, 0.1) is 11.0 Å². The van der Waals surface area contributed by atoms with Crippen LogP contribution in [0.3, 0.4) is 0 Å². The third kappa shape index (κ3) is 4.72. The second-order valence-electron chi connectivity index (χ2n) is 12.6. The standard InChI is InChI=1S/C35H46N2O4/c1-4-21-37-23-20-34-31-27-16-17-29(40-25(3)38)32(31)41-33(34)28(18-19-35(34,39)30(37)24-27)36(5-2)22-12-7-6-9-13-26-14-10-8-11-15-26/h4,8,10-11,14-17,28,30,33,39H,1,5-7,9,12-13,18-24H2,2-3H3/t28?,30-,33?,34+,35-/m1/s1. The van der Waals surface area contributed by atoms with Gasteiger partial charge in [-0.3, -0.25) is 14.6 Å². The third-order valence-corrected chi connectivity index (χ3v) is 10.5. The maximum atomic E-state index is 12.7. The lowest BCUT2D eigenvalue weighted by Gasteiger charge is -2.64. The number of rotatable bonds is 12. The van der Waals surface area contributed by atoms with Gasteiger partial charge in [-0.05, 0) is 81.8 Å². The lowest BCUT2D eigenvalue weighted by molar-refractivity contribution is -0.198. The summed E-state index contributed by atoms with van der Waals surface area (Å²) in [5, 5.41) is 12.7. The van der Waals surface area contributed by atoms with Gasteiger partial charge in [0.25, 0.3) is 0 Å². The Balaban J connectivity index is 1.24. The summed E-state index contributed by atoms with van der Waals surface area (Å²) in [6, 6.07) is 15.0. The molecule has 2 aromatic carbocycles. The molecule has 2 bridgehead atoms. The van der Waals surface area contributed by atoms with E-state index < -0.39 is 11.0 Å². The Bertz CT molecular complexity index is 1260. The highest BCUT2D eigenvalue weighted by Gasteiger charge is 2.73. The number of nitrogens with zero attached hydrogens (tertiary/aromatic N) is 2. The second-order valence-corrected chi connectivity index (χ2v) is 12.6. The second kappa shape index (κ2) is 11.5.